The normalized spacial score (nSPS) is 13.7. The minimum atomic E-state index is -0.887. The van der Waals surface area contributed by atoms with E-state index in [4.69, 9.17) is 9.47 Å². The van der Waals surface area contributed by atoms with Crippen LogP contribution in [0.5, 0.6) is 11.5 Å². The van der Waals surface area contributed by atoms with Crippen LogP contribution in [0.4, 0.5) is 8.78 Å². The fourth-order valence-electron chi connectivity index (χ4n) is 3.53. The molecule has 1 amide bonds. The molecule has 1 aliphatic rings. The van der Waals surface area contributed by atoms with Gasteiger partial charge in [0.25, 0.3) is 0 Å². The Balaban J connectivity index is 1.44. The number of benzene rings is 2. The van der Waals surface area contributed by atoms with E-state index in [1.165, 1.54) is 17.2 Å². The Hall–Kier alpha value is -2.67. The van der Waals surface area contributed by atoms with Crippen molar-refractivity contribution >= 4 is 5.91 Å². The van der Waals surface area contributed by atoms with Gasteiger partial charge in [-0.3, -0.25) is 9.69 Å². The quantitative estimate of drug-likeness (QED) is 0.735. The zero-order valence-electron chi connectivity index (χ0n) is 16.8. The molecule has 0 radical (unpaired) electrons. The van der Waals surface area contributed by atoms with Crippen LogP contribution in [0.2, 0.25) is 0 Å². The van der Waals surface area contributed by atoms with Gasteiger partial charge in [-0.05, 0) is 53.8 Å². The van der Waals surface area contributed by atoms with Crippen molar-refractivity contribution in [2.45, 2.75) is 25.8 Å². The Labute approximate surface area is 169 Å². The molecule has 5 nitrogen and oxygen atoms in total. The topological polar surface area (TPSA) is 50.8 Å². The van der Waals surface area contributed by atoms with Crippen LogP contribution < -0.4 is 14.8 Å². The molecule has 0 unspecified atom stereocenters. The van der Waals surface area contributed by atoms with Crippen LogP contribution in [0.15, 0.2) is 30.3 Å². The maximum atomic E-state index is 13.2. The van der Waals surface area contributed by atoms with Crippen molar-refractivity contribution in [2.24, 2.45) is 0 Å². The number of aryl methyl sites for hydroxylation is 1. The average molecular weight is 404 g/mol. The average Bonchev–Trinajstić information content (AvgIpc) is 2.73. The summed E-state index contributed by atoms with van der Waals surface area (Å²) in [5.74, 6) is -0.398. The van der Waals surface area contributed by atoms with E-state index in [0.29, 0.717) is 18.5 Å². The fraction of sp³-hybridized carbons (Fsp3) is 0.409. The van der Waals surface area contributed by atoms with E-state index in [0.717, 1.165) is 49.7 Å². The lowest BCUT2D eigenvalue weighted by molar-refractivity contribution is -0.121. The monoisotopic (exact) mass is 404 g/mol. The number of hydrogen-bond acceptors (Lipinski definition) is 4. The molecule has 0 saturated heterocycles. The molecule has 3 rings (SSSR count). The molecule has 2 aromatic rings. The van der Waals surface area contributed by atoms with Gasteiger partial charge < -0.3 is 14.8 Å². The standard InChI is InChI=1S/C22H26F2N2O3/c1-28-20-12-16-7-9-26(14-17(16)13-21(20)29-2)10-8-25-22(27)6-4-15-3-5-18(23)19(24)11-15/h3,5,11-13H,4,6-10,14H2,1-2H3,(H,25,27). The van der Waals surface area contributed by atoms with Crippen LogP contribution in [0, 0.1) is 11.6 Å². The van der Waals surface area contributed by atoms with Gasteiger partial charge in [-0.1, -0.05) is 6.07 Å². The number of amides is 1. The number of carbonyl (C=O) groups excluding carboxylic acids is 1. The summed E-state index contributed by atoms with van der Waals surface area (Å²) in [6, 6.07) is 7.77. The van der Waals surface area contributed by atoms with Crippen LogP contribution in [-0.2, 0) is 24.2 Å². The molecule has 1 heterocycles. The molecule has 29 heavy (non-hydrogen) atoms. The van der Waals surface area contributed by atoms with Gasteiger partial charge in [-0.25, -0.2) is 8.78 Å². The predicted molar refractivity (Wildman–Crippen MR) is 106 cm³/mol. The van der Waals surface area contributed by atoms with E-state index >= 15 is 0 Å². The van der Waals surface area contributed by atoms with Crippen LogP contribution in [0.25, 0.3) is 0 Å². The third-order valence-electron chi connectivity index (χ3n) is 5.17. The molecule has 0 bridgehead atoms. The van der Waals surface area contributed by atoms with Gasteiger partial charge in [0, 0.05) is 32.6 Å². The molecule has 0 spiro atoms. The lowest BCUT2D eigenvalue weighted by Crippen LogP contribution is -2.37. The number of fused-ring (bicyclic) bond motifs is 1. The smallest absolute Gasteiger partial charge is 0.220 e. The van der Waals surface area contributed by atoms with Gasteiger partial charge in [0.2, 0.25) is 5.91 Å². The van der Waals surface area contributed by atoms with Crippen molar-refractivity contribution < 1.29 is 23.0 Å². The predicted octanol–water partition coefficient (Wildman–Crippen LogP) is 3.09. The van der Waals surface area contributed by atoms with Crippen LogP contribution in [0.3, 0.4) is 0 Å². The van der Waals surface area contributed by atoms with Crippen molar-refractivity contribution in [3.8, 4) is 11.5 Å². The molecule has 0 atom stereocenters. The summed E-state index contributed by atoms with van der Waals surface area (Å²) in [7, 11) is 3.26. The molecule has 156 valence electrons. The van der Waals surface area contributed by atoms with Crippen molar-refractivity contribution in [1.29, 1.82) is 0 Å². The van der Waals surface area contributed by atoms with E-state index in [2.05, 4.69) is 10.2 Å². The Kier molecular flexibility index (Phi) is 7.04. The number of methoxy groups -OCH3 is 2. The molecular weight excluding hydrogens is 378 g/mol. The number of nitrogens with zero attached hydrogens (tertiary/aromatic N) is 1. The second-order valence-electron chi connectivity index (χ2n) is 7.10. The lowest BCUT2D eigenvalue weighted by atomic mass is 9.99. The summed E-state index contributed by atoms with van der Waals surface area (Å²) >= 11 is 0. The SMILES string of the molecule is COc1cc2c(cc1OC)CN(CCNC(=O)CCc1ccc(F)c(F)c1)CC2. The highest BCUT2D eigenvalue weighted by Gasteiger charge is 2.19. The number of nitrogens with one attached hydrogen (secondary N) is 1. The first-order valence-electron chi connectivity index (χ1n) is 9.67. The summed E-state index contributed by atoms with van der Waals surface area (Å²) in [6.07, 6.45) is 1.53. The summed E-state index contributed by atoms with van der Waals surface area (Å²) in [5, 5.41) is 2.90. The fourth-order valence-corrected chi connectivity index (χ4v) is 3.53. The Morgan fingerprint density at radius 1 is 1.07 bits per heavy atom. The van der Waals surface area contributed by atoms with Crippen LogP contribution in [0.1, 0.15) is 23.1 Å². The second-order valence-corrected chi connectivity index (χ2v) is 7.10. The number of hydrogen-bond donors (Lipinski definition) is 1. The van der Waals surface area contributed by atoms with Gasteiger partial charge >= 0.3 is 0 Å². The molecule has 7 heteroatoms. The number of halogens is 2. The van der Waals surface area contributed by atoms with Crippen molar-refractivity contribution in [3.05, 3.63) is 58.7 Å². The summed E-state index contributed by atoms with van der Waals surface area (Å²) in [6.45, 7) is 2.98. The van der Waals surface area contributed by atoms with E-state index in [9.17, 15) is 13.6 Å². The van der Waals surface area contributed by atoms with Gasteiger partial charge in [-0.15, -0.1) is 0 Å². The molecule has 0 fully saturated rings. The zero-order valence-corrected chi connectivity index (χ0v) is 16.8. The Morgan fingerprint density at radius 2 is 1.79 bits per heavy atom. The molecule has 1 N–H and O–H groups in total. The first kappa shape index (κ1) is 21.0. The van der Waals surface area contributed by atoms with Crippen molar-refractivity contribution in [3.63, 3.8) is 0 Å². The second kappa shape index (κ2) is 9.69. The lowest BCUT2D eigenvalue weighted by Gasteiger charge is -2.29. The summed E-state index contributed by atoms with van der Waals surface area (Å²) in [4.78, 5) is 14.3. The van der Waals surface area contributed by atoms with E-state index < -0.39 is 11.6 Å². The third-order valence-corrected chi connectivity index (χ3v) is 5.17. The first-order chi connectivity index (χ1) is 14.0. The van der Waals surface area contributed by atoms with Gasteiger partial charge in [0.05, 0.1) is 14.2 Å². The van der Waals surface area contributed by atoms with Crippen molar-refractivity contribution in [1.82, 2.24) is 10.2 Å². The summed E-state index contributed by atoms with van der Waals surface area (Å²) in [5.41, 5.74) is 3.07. The first-order valence-corrected chi connectivity index (χ1v) is 9.67. The molecule has 0 saturated carbocycles. The number of rotatable bonds is 8. The molecule has 0 aliphatic carbocycles. The van der Waals surface area contributed by atoms with Crippen molar-refractivity contribution in [2.75, 3.05) is 33.9 Å². The Morgan fingerprint density at radius 3 is 2.48 bits per heavy atom. The highest BCUT2D eigenvalue weighted by Crippen LogP contribution is 2.33. The number of ether oxygens (including phenoxy) is 2. The zero-order chi connectivity index (χ0) is 20.8. The van der Waals surface area contributed by atoms with Gasteiger partial charge in [0.15, 0.2) is 23.1 Å². The molecule has 2 aromatic carbocycles. The maximum Gasteiger partial charge on any atom is 0.220 e. The van der Waals surface area contributed by atoms with E-state index in [1.54, 1.807) is 14.2 Å². The van der Waals surface area contributed by atoms with Crippen LogP contribution >= 0.6 is 0 Å². The molecular formula is C22H26F2N2O3. The minimum Gasteiger partial charge on any atom is -0.493 e. The third kappa shape index (κ3) is 5.44. The molecule has 1 aliphatic heterocycles. The highest BCUT2D eigenvalue weighted by atomic mass is 19.2. The number of carbonyl (C=O) groups is 1. The highest BCUT2D eigenvalue weighted by molar-refractivity contribution is 5.76. The van der Waals surface area contributed by atoms with E-state index in [-0.39, 0.29) is 12.3 Å². The molecule has 0 aromatic heterocycles. The van der Waals surface area contributed by atoms with Crippen LogP contribution in [-0.4, -0.2) is 44.7 Å². The largest absolute Gasteiger partial charge is 0.493 e. The van der Waals surface area contributed by atoms with Gasteiger partial charge in [-0.2, -0.15) is 0 Å². The summed E-state index contributed by atoms with van der Waals surface area (Å²) < 4.78 is 36.9. The van der Waals surface area contributed by atoms with E-state index in [1.807, 2.05) is 12.1 Å². The Bertz CT molecular complexity index is 873. The van der Waals surface area contributed by atoms with Gasteiger partial charge in [0.1, 0.15) is 0 Å². The minimum absolute atomic E-state index is 0.0986. The maximum absolute atomic E-state index is 13.2.